The van der Waals surface area contributed by atoms with Crippen molar-refractivity contribution in [2.45, 2.75) is 17.6 Å². The zero-order valence-electron chi connectivity index (χ0n) is 15.0. The molecule has 8 nitrogen and oxygen atoms in total. The van der Waals surface area contributed by atoms with Crippen molar-refractivity contribution in [3.05, 3.63) is 48.0 Å². The monoisotopic (exact) mass is 468 g/mol. The minimum absolute atomic E-state index is 0.0233. The van der Waals surface area contributed by atoms with Crippen LogP contribution < -0.4 is 4.74 Å². The van der Waals surface area contributed by atoms with E-state index in [-0.39, 0.29) is 43.5 Å². The summed E-state index contributed by atoms with van der Waals surface area (Å²) < 4.78 is 44.2. The Balaban J connectivity index is 1.72. The van der Waals surface area contributed by atoms with E-state index in [0.717, 1.165) is 9.95 Å². The maximum atomic E-state index is 12.9. The van der Waals surface area contributed by atoms with Crippen LogP contribution in [0, 0.1) is 0 Å². The van der Waals surface area contributed by atoms with Gasteiger partial charge in [-0.15, -0.1) is 0 Å². The van der Waals surface area contributed by atoms with Gasteiger partial charge in [0.25, 0.3) is 0 Å². The second kappa shape index (κ2) is 7.12. The number of hydrogen-bond donors (Lipinski definition) is 0. The normalized spacial score (nSPS) is 11.9. The van der Waals surface area contributed by atoms with Crippen LogP contribution in [-0.2, 0) is 20.3 Å². The Morgan fingerprint density at radius 3 is 2.54 bits per heavy atom. The van der Waals surface area contributed by atoms with E-state index in [1.807, 2.05) is 6.20 Å². The molecule has 4 aromatic heterocycles. The fourth-order valence-corrected chi connectivity index (χ4v) is 5.61. The van der Waals surface area contributed by atoms with Crippen molar-refractivity contribution in [2.75, 3.05) is 13.7 Å². The van der Waals surface area contributed by atoms with Gasteiger partial charge in [-0.3, -0.25) is 0 Å². The number of carbonyl (C=O) groups excluding carboxylic acids is 1. The first-order valence-electron chi connectivity index (χ1n) is 8.36. The summed E-state index contributed by atoms with van der Waals surface area (Å²) in [4.78, 5) is 12.2. The predicted octanol–water partition coefficient (Wildman–Crippen LogP) is 2.25. The van der Waals surface area contributed by atoms with Crippen molar-refractivity contribution in [1.29, 1.82) is 0 Å². The number of esters is 1. The molecule has 5 aromatic rings. The van der Waals surface area contributed by atoms with Crippen LogP contribution in [0.25, 0.3) is 15.5 Å². The molecule has 2 bridgehead atoms. The van der Waals surface area contributed by atoms with Crippen LogP contribution in [0.15, 0.2) is 45.8 Å². The van der Waals surface area contributed by atoms with Gasteiger partial charge in [0, 0.05) is 0 Å². The first kappa shape index (κ1) is 18.8. The van der Waals surface area contributed by atoms with E-state index >= 15 is 0 Å². The molecule has 10 heteroatoms. The number of aromatic nitrogens is 2. The van der Waals surface area contributed by atoms with E-state index in [9.17, 15) is 13.2 Å². The third-order valence-electron chi connectivity index (χ3n) is 4.15. The van der Waals surface area contributed by atoms with Crippen molar-refractivity contribution in [3.63, 3.8) is 0 Å². The molecule has 0 saturated heterocycles. The van der Waals surface area contributed by atoms with Crippen LogP contribution in [0.4, 0.5) is 0 Å². The van der Waals surface area contributed by atoms with Gasteiger partial charge < -0.3 is 0 Å². The van der Waals surface area contributed by atoms with Gasteiger partial charge in [-0.25, -0.2) is 0 Å². The molecule has 0 saturated carbocycles. The van der Waals surface area contributed by atoms with Gasteiger partial charge in [0.05, 0.1) is 0 Å². The molecule has 0 aliphatic carbocycles. The standard InChI is InChI=1S/C18H16N2O6SSe/c1-3-25-18(21)15-8-13(14-9-20-19-17(14)28-20)16(26-15)10-27(22,23)12-6-4-11(24-2)5-7-12/h4-9H,3,10H2,1-2H3. The van der Waals surface area contributed by atoms with E-state index < -0.39 is 15.8 Å². The molecule has 0 atom stereocenters. The van der Waals surface area contributed by atoms with Crippen molar-refractivity contribution >= 4 is 34.9 Å². The number of sulfone groups is 1. The number of methoxy groups -OCH3 is 1. The molecule has 0 unspecified atom stereocenters. The number of ether oxygens (including phenoxy) is 2. The first-order valence-corrected chi connectivity index (χ1v) is 11.6. The molecular weight excluding hydrogens is 451 g/mol. The Labute approximate surface area is 166 Å². The van der Waals surface area contributed by atoms with Crippen LogP contribution in [-0.4, -0.2) is 51.4 Å². The maximum absolute atomic E-state index is 12.9. The van der Waals surface area contributed by atoms with Gasteiger partial charge in [-0.1, -0.05) is 0 Å². The van der Waals surface area contributed by atoms with Crippen LogP contribution >= 0.6 is 0 Å². The molecule has 0 aliphatic rings. The summed E-state index contributed by atoms with van der Waals surface area (Å²) in [5.74, 6) is -0.281. The minimum atomic E-state index is -3.70. The first-order chi connectivity index (χ1) is 13.4. The number of benzene rings is 1. The molecule has 0 fully saturated rings. The third-order valence-corrected chi connectivity index (χ3v) is 7.57. The van der Waals surface area contributed by atoms with Crippen molar-refractivity contribution < 1.29 is 27.1 Å². The van der Waals surface area contributed by atoms with Gasteiger partial charge in [0.15, 0.2) is 0 Å². The van der Waals surface area contributed by atoms with Gasteiger partial charge in [-0.05, 0) is 0 Å². The summed E-state index contributed by atoms with van der Waals surface area (Å²) in [6.07, 6.45) is 1.83. The molecule has 4 heterocycles. The molecule has 1 aromatic carbocycles. The second-order valence-electron chi connectivity index (χ2n) is 5.94. The van der Waals surface area contributed by atoms with E-state index in [0.29, 0.717) is 11.3 Å². The van der Waals surface area contributed by atoms with Crippen LogP contribution in [0.5, 0.6) is 5.75 Å². The summed E-state index contributed by atoms with van der Waals surface area (Å²) in [7, 11) is -2.19. The van der Waals surface area contributed by atoms with Crippen LogP contribution in [0.3, 0.4) is 0 Å². The summed E-state index contributed by atoms with van der Waals surface area (Å²) >= 11 is 0.100. The predicted molar refractivity (Wildman–Crippen MR) is 101 cm³/mol. The van der Waals surface area contributed by atoms with E-state index in [1.165, 1.54) is 25.3 Å². The molecule has 146 valence electrons. The molecule has 0 spiro atoms. The van der Waals surface area contributed by atoms with Crippen molar-refractivity contribution in [3.8, 4) is 16.9 Å². The average molecular weight is 467 g/mol. The SMILES string of the molecule is CCOC(=O)c1cc(-c2cn3nc2[se]3)c(CS(=O)(=O)c2ccc(OC)cc2)o1. The molecule has 0 aliphatic heterocycles. The zero-order chi connectivity index (χ0) is 19.9. The number of nitrogens with zero attached hydrogens (tertiary/aromatic N) is 2. The third kappa shape index (κ3) is 3.34. The Kier molecular flexibility index (Phi) is 4.78. The zero-order valence-corrected chi connectivity index (χ0v) is 17.6. The Morgan fingerprint density at radius 2 is 1.96 bits per heavy atom. The van der Waals surface area contributed by atoms with E-state index in [4.69, 9.17) is 13.9 Å². The fourth-order valence-electron chi connectivity index (χ4n) is 2.80. The number of fused-ring (bicyclic) bond motifs is 1. The van der Waals surface area contributed by atoms with E-state index in [1.54, 1.807) is 22.6 Å². The van der Waals surface area contributed by atoms with Crippen LogP contribution in [0.1, 0.15) is 23.2 Å². The number of rotatable bonds is 7. The van der Waals surface area contributed by atoms with E-state index in [2.05, 4.69) is 5.10 Å². The Hall–Kier alpha value is -2.55. The molecule has 0 radical (unpaired) electrons. The molecule has 0 N–H and O–H groups in total. The second-order valence-corrected chi connectivity index (χ2v) is 9.91. The van der Waals surface area contributed by atoms with Crippen molar-refractivity contribution in [2.24, 2.45) is 0 Å². The van der Waals surface area contributed by atoms with Gasteiger partial charge in [0.1, 0.15) is 0 Å². The topological polar surface area (TPSA) is 100 Å². The number of hydrogen-bond acceptors (Lipinski definition) is 7. The Bertz CT molecular complexity index is 1200. The summed E-state index contributed by atoms with van der Waals surface area (Å²) in [5, 5.41) is 4.26. The average Bonchev–Trinajstić information content (AvgIpc) is 3.34. The summed E-state index contributed by atoms with van der Waals surface area (Å²) in [6.45, 7) is 1.89. The molecule has 5 rings (SSSR count). The number of furan rings is 1. The van der Waals surface area contributed by atoms with Gasteiger partial charge in [-0.2, -0.15) is 0 Å². The van der Waals surface area contributed by atoms with Gasteiger partial charge >= 0.3 is 167 Å². The molecule has 28 heavy (non-hydrogen) atoms. The van der Waals surface area contributed by atoms with Crippen LogP contribution in [0.2, 0.25) is 0 Å². The molecule has 0 amide bonds. The number of carbonyl (C=O) groups is 1. The fraction of sp³-hybridized carbons (Fsp3) is 0.222. The summed E-state index contributed by atoms with van der Waals surface area (Å²) in [6, 6.07) is 7.65. The molecular formula is C18H16N2O6SSe. The van der Waals surface area contributed by atoms with Crippen molar-refractivity contribution in [1.82, 2.24) is 8.61 Å². The quantitative estimate of drug-likeness (QED) is 0.304. The Morgan fingerprint density at radius 1 is 1.25 bits per heavy atom. The summed E-state index contributed by atoms with van der Waals surface area (Å²) in [5.41, 5.74) is 1.35. The van der Waals surface area contributed by atoms with Gasteiger partial charge in [0.2, 0.25) is 0 Å².